The molecular weight excluding hydrogens is 213 g/mol. The lowest BCUT2D eigenvalue weighted by atomic mass is 10.2. The van der Waals surface area contributed by atoms with Crippen LogP contribution in [0.25, 0.3) is 0 Å². The molecule has 0 heterocycles. The zero-order chi connectivity index (χ0) is 7.56. The summed E-state index contributed by atoms with van der Waals surface area (Å²) in [5, 5.41) is 0.719. The topological polar surface area (TPSA) is 26.0 Å². The number of nitrogens with two attached hydrogens (primary N) is 1. The van der Waals surface area contributed by atoms with Gasteiger partial charge >= 0.3 is 0 Å². The van der Waals surface area contributed by atoms with Gasteiger partial charge in [0.25, 0.3) is 0 Å². The highest BCUT2D eigenvalue weighted by Crippen LogP contribution is 2.20. The van der Waals surface area contributed by atoms with Gasteiger partial charge in [0.1, 0.15) is 0 Å². The fraction of sp³-hybridized carbons (Fsp3) is 0.143. The molecule has 0 radical (unpaired) electrons. The van der Waals surface area contributed by atoms with E-state index in [0.717, 1.165) is 15.1 Å². The predicted octanol–water partition coefficient (Wildman–Crippen LogP) is 2.56. The van der Waals surface area contributed by atoms with Crippen LogP contribution in [-0.2, 0) is 6.54 Å². The number of rotatable bonds is 1. The van der Waals surface area contributed by atoms with Crippen molar-refractivity contribution in [3.05, 3.63) is 33.3 Å². The first-order valence-electron chi connectivity index (χ1n) is 2.88. The molecule has 0 aliphatic rings. The number of benzene rings is 1. The molecule has 0 spiro atoms. The van der Waals surface area contributed by atoms with Crippen LogP contribution in [-0.4, -0.2) is 0 Å². The quantitative estimate of drug-likeness (QED) is 0.773. The van der Waals surface area contributed by atoms with Crippen molar-refractivity contribution in [2.75, 3.05) is 0 Å². The van der Waals surface area contributed by atoms with Crippen molar-refractivity contribution >= 4 is 27.5 Å². The van der Waals surface area contributed by atoms with Crippen molar-refractivity contribution in [2.45, 2.75) is 6.54 Å². The second-order valence-electron chi connectivity index (χ2n) is 1.94. The van der Waals surface area contributed by atoms with Crippen LogP contribution < -0.4 is 5.73 Å². The molecule has 1 rings (SSSR count). The number of hydrogen-bond donors (Lipinski definition) is 1. The van der Waals surface area contributed by atoms with E-state index in [1.165, 1.54) is 0 Å². The first-order valence-corrected chi connectivity index (χ1v) is 4.05. The van der Waals surface area contributed by atoms with E-state index in [1.54, 1.807) is 0 Å². The van der Waals surface area contributed by atoms with E-state index in [2.05, 4.69) is 15.9 Å². The summed E-state index contributed by atoms with van der Waals surface area (Å²) in [6.45, 7) is 0.492. The maximum Gasteiger partial charge on any atom is 0.0462 e. The van der Waals surface area contributed by atoms with Crippen molar-refractivity contribution in [3.63, 3.8) is 0 Å². The van der Waals surface area contributed by atoms with Gasteiger partial charge in [-0.25, -0.2) is 0 Å². The molecule has 3 heteroatoms. The molecule has 0 aliphatic heterocycles. The lowest BCUT2D eigenvalue weighted by molar-refractivity contribution is 1.07. The Morgan fingerprint density at radius 1 is 1.50 bits per heavy atom. The third kappa shape index (κ3) is 1.72. The van der Waals surface area contributed by atoms with E-state index in [0.29, 0.717) is 6.54 Å². The van der Waals surface area contributed by atoms with Gasteiger partial charge in [-0.15, -0.1) is 0 Å². The van der Waals surface area contributed by atoms with E-state index in [1.807, 2.05) is 18.2 Å². The van der Waals surface area contributed by atoms with Crippen molar-refractivity contribution in [1.29, 1.82) is 0 Å². The Morgan fingerprint density at radius 3 is 2.70 bits per heavy atom. The Hall–Kier alpha value is -0.0500. The smallest absolute Gasteiger partial charge is 0.0462 e. The van der Waals surface area contributed by atoms with E-state index in [9.17, 15) is 0 Å². The summed E-state index contributed by atoms with van der Waals surface area (Å²) in [7, 11) is 0. The van der Waals surface area contributed by atoms with Crippen LogP contribution >= 0.6 is 27.5 Å². The highest BCUT2D eigenvalue weighted by Gasteiger charge is 1.96. The Labute approximate surface area is 73.3 Å². The summed E-state index contributed by atoms with van der Waals surface area (Å²) in [5.74, 6) is 0. The van der Waals surface area contributed by atoms with Crippen LogP contribution in [0.3, 0.4) is 0 Å². The van der Waals surface area contributed by atoms with Gasteiger partial charge < -0.3 is 5.73 Å². The van der Waals surface area contributed by atoms with Crippen LogP contribution in [0.5, 0.6) is 0 Å². The highest BCUT2D eigenvalue weighted by molar-refractivity contribution is 9.10. The zero-order valence-corrected chi connectivity index (χ0v) is 7.61. The maximum atomic E-state index is 5.82. The van der Waals surface area contributed by atoms with Crippen LogP contribution in [0.2, 0.25) is 5.02 Å². The van der Waals surface area contributed by atoms with Crippen LogP contribution in [0.15, 0.2) is 22.7 Å². The van der Waals surface area contributed by atoms with Gasteiger partial charge in [0.05, 0.1) is 0 Å². The van der Waals surface area contributed by atoms with Gasteiger partial charge in [-0.2, -0.15) is 0 Å². The fourth-order valence-corrected chi connectivity index (χ4v) is 1.44. The molecule has 0 bridgehead atoms. The molecule has 0 saturated heterocycles. The summed E-state index contributed by atoms with van der Waals surface area (Å²) >= 11 is 9.12. The molecule has 1 aromatic rings. The van der Waals surface area contributed by atoms with E-state index >= 15 is 0 Å². The second kappa shape index (κ2) is 3.37. The molecule has 0 atom stereocenters. The molecule has 0 aromatic heterocycles. The monoisotopic (exact) mass is 219 g/mol. The lowest BCUT2D eigenvalue weighted by Crippen LogP contribution is -1.96. The molecule has 0 saturated carbocycles. The van der Waals surface area contributed by atoms with E-state index < -0.39 is 0 Å². The van der Waals surface area contributed by atoms with E-state index in [4.69, 9.17) is 17.3 Å². The summed E-state index contributed by atoms with van der Waals surface area (Å²) in [6.07, 6.45) is 0. The molecule has 2 N–H and O–H groups in total. The third-order valence-electron chi connectivity index (χ3n) is 1.24. The van der Waals surface area contributed by atoms with Crippen molar-refractivity contribution in [3.8, 4) is 0 Å². The average Bonchev–Trinajstić information content (AvgIpc) is 1.88. The number of halogens is 2. The van der Waals surface area contributed by atoms with Gasteiger partial charge in [0, 0.05) is 16.0 Å². The normalized spacial score (nSPS) is 9.90. The SMILES string of the molecule is NCc1ccc(Br)cc1Cl. The van der Waals surface area contributed by atoms with Gasteiger partial charge in [0.2, 0.25) is 0 Å². The first kappa shape index (κ1) is 8.05. The Morgan fingerprint density at radius 2 is 2.20 bits per heavy atom. The zero-order valence-electron chi connectivity index (χ0n) is 5.27. The molecule has 10 heavy (non-hydrogen) atoms. The minimum Gasteiger partial charge on any atom is -0.326 e. The highest BCUT2D eigenvalue weighted by atomic mass is 79.9. The summed E-state index contributed by atoms with van der Waals surface area (Å²) in [6, 6.07) is 5.67. The fourth-order valence-electron chi connectivity index (χ4n) is 0.687. The molecule has 0 amide bonds. The summed E-state index contributed by atoms with van der Waals surface area (Å²) in [4.78, 5) is 0. The maximum absolute atomic E-state index is 5.82. The lowest BCUT2D eigenvalue weighted by Gasteiger charge is -1.99. The first-order chi connectivity index (χ1) is 4.74. The minimum absolute atomic E-state index is 0.492. The van der Waals surface area contributed by atoms with Gasteiger partial charge in [0.15, 0.2) is 0 Å². The average molecular weight is 220 g/mol. The van der Waals surface area contributed by atoms with Crippen LogP contribution in [0, 0.1) is 0 Å². The van der Waals surface area contributed by atoms with Crippen molar-refractivity contribution in [2.24, 2.45) is 5.73 Å². The van der Waals surface area contributed by atoms with Crippen LogP contribution in [0.4, 0.5) is 0 Å². The summed E-state index contributed by atoms with van der Waals surface area (Å²) < 4.78 is 0.981. The minimum atomic E-state index is 0.492. The third-order valence-corrected chi connectivity index (χ3v) is 2.08. The van der Waals surface area contributed by atoms with Gasteiger partial charge in [-0.1, -0.05) is 33.6 Å². The molecule has 1 nitrogen and oxygen atoms in total. The second-order valence-corrected chi connectivity index (χ2v) is 3.26. The van der Waals surface area contributed by atoms with Crippen molar-refractivity contribution in [1.82, 2.24) is 0 Å². The van der Waals surface area contributed by atoms with E-state index in [-0.39, 0.29) is 0 Å². The van der Waals surface area contributed by atoms with Gasteiger partial charge in [-0.3, -0.25) is 0 Å². The van der Waals surface area contributed by atoms with Gasteiger partial charge in [-0.05, 0) is 17.7 Å². The Kier molecular flexibility index (Phi) is 2.72. The Balaban J connectivity index is 3.07. The molecular formula is C7H7BrClN. The molecule has 0 aliphatic carbocycles. The summed E-state index contributed by atoms with van der Waals surface area (Å²) in [5.41, 5.74) is 6.38. The molecule has 0 unspecified atom stereocenters. The predicted molar refractivity (Wildman–Crippen MR) is 47.0 cm³/mol. The Bertz CT molecular complexity index is 237. The standard InChI is InChI=1S/C7H7BrClN/c8-6-2-1-5(4-10)7(9)3-6/h1-3H,4,10H2. The number of hydrogen-bond acceptors (Lipinski definition) is 1. The molecule has 0 fully saturated rings. The largest absolute Gasteiger partial charge is 0.326 e. The van der Waals surface area contributed by atoms with Crippen LogP contribution in [0.1, 0.15) is 5.56 Å². The molecule has 1 aromatic carbocycles. The molecule has 54 valence electrons. The van der Waals surface area contributed by atoms with Crippen molar-refractivity contribution < 1.29 is 0 Å².